The van der Waals surface area contributed by atoms with Gasteiger partial charge in [-0.05, 0) is 68.8 Å². The van der Waals surface area contributed by atoms with Crippen LogP contribution in [0.2, 0.25) is 0 Å². The highest BCUT2D eigenvalue weighted by Crippen LogP contribution is 2.22. The number of nitrogens with zero attached hydrogens (tertiary/aromatic N) is 3. The summed E-state index contributed by atoms with van der Waals surface area (Å²) in [6.45, 7) is 3.87. The molecule has 0 radical (unpaired) electrons. The number of hydrogen-bond donors (Lipinski definition) is 1. The van der Waals surface area contributed by atoms with Gasteiger partial charge in [-0.25, -0.2) is 4.98 Å². The summed E-state index contributed by atoms with van der Waals surface area (Å²) in [4.78, 5) is 18.7. The van der Waals surface area contributed by atoms with E-state index in [9.17, 15) is 4.79 Å². The first-order chi connectivity index (χ1) is 17.0. The maximum Gasteiger partial charge on any atom is 0.224 e. The summed E-state index contributed by atoms with van der Waals surface area (Å²) in [5.74, 6) is 1.65. The van der Waals surface area contributed by atoms with Crippen molar-refractivity contribution >= 4 is 12.0 Å². The van der Waals surface area contributed by atoms with Gasteiger partial charge in [0.1, 0.15) is 11.5 Å². The quantitative estimate of drug-likeness (QED) is 0.397. The molecule has 0 spiro atoms. The van der Waals surface area contributed by atoms with E-state index >= 15 is 0 Å². The molecule has 1 amide bonds. The van der Waals surface area contributed by atoms with Gasteiger partial charge in [-0.2, -0.15) is 0 Å². The predicted octanol–water partition coefficient (Wildman–Crippen LogP) is 4.36. The Labute approximate surface area is 208 Å². The number of amides is 1. The van der Waals surface area contributed by atoms with Gasteiger partial charge in [0.05, 0.1) is 20.5 Å². The second-order valence-electron chi connectivity index (χ2n) is 8.70. The van der Waals surface area contributed by atoms with Crippen LogP contribution >= 0.6 is 0 Å². The van der Waals surface area contributed by atoms with Crippen LogP contribution in [-0.2, 0) is 11.2 Å². The Hall–Kier alpha value is -3.58. The molecule has 0 fully saturated rings. The molecule has 1 aromatic heterocycles. The van der Waals surface area contributed by atoms with Crippen molar-refractivity contribution < 1.29 is 14.3 Å². The molecule has 1 unspecified atom stereocenters. The fourth-order valence-electron chi connectivity index (χ4n) is 3.73. The molecule has 3 rings (SSSR count). The van der Waals surface area contributed by atoms with E-state index in [0.717, 1.165) is 48.7 Å². The maximum absolute atomic E-state index is 12.3. The fraction of sp³-hybridized carbons (Fsp3) is 0.357. The Balaban J connectivity index is 1.35. The normalized spacial score (nSPS) is 12.1. The summed E-state index contributed by atoms with van der Waals surface area (Å²) in [6.07, 6.45) is 11.5. The lowest BCUT2D eigenvalue weighted by atomic mass is 10.1. The van der Waals surface area contributed by atoms with Crippen molar-refractivity contribution in [2.24, 2.45) is 0 Å². The molecule has 7 heteroatoms. The molecule has 0 saturated heterocycles. The largest absolute Gasteiger partial charge is 0.497 e. The Morgan fingerprint density at radius 3 is 2.46 bits per heavy atom. The van der Waals surface area contributed by atoms with Crippen molar-refractivity contribution in [3.63, 3.8) is 0 Å². The molecular weight excluding hydrogens is 440 g/mol. The standard InChI is InChI=1S/C28H36N4O3/c1-22(12-15-31(2)16-13-24-18-26(34-3)20-27(19-24)35-4)30-28(33)7-5-6-23-8-10-25(11-9-23)32-17-14-29-21-32/h5-6,8-11,14,17-22H,7,12-13,15-16H2,1-4H3,(H,30,33)/b6-5+. The molecule has 0 saturated carbocycles. The van der Waals surface area contributed by atoms with Crippen molar-refractivity contribution in [3.8, 4) is 17.2 Å². The Kier molecular flexibility index (Phi) is 9.93. The van der Waals surface area contributed by atoms with E-state index in [-0.39, 0.29) is 11.9 Å². The maximum atomic E-state index is 12.3. The summed E-state index contributed by atoms with van der Waals surface area (Å²) >= 11 is 0. The molecule has 3 aromatic rings. The number of hydrogen-bond acceptors (Lipinski definition) is 5. The summed E-state index contributed by atoms with van der Waals surface area (Å²) in [5, 5.41) is 3.09. The highest BCUT2D eigenvalue weighted by molar-refractivity contribution is 5.78. The van der Waals surface area contributed by atoms with Gasteiger partial charge in [-0.1, -0.05) is 24.3 Å². The monoisotopic (exact) mass is 476 g/mol. The highest BCUT2D eigenvalue weighted by Gasteiger charge is 2.09. The van der Waals surface area contributed by atoms with E-state index in [2.05, 4.69) is 29.2 Å². The summed E-state index contributed by atoms with van der Waals surface area (Å²) in [7, 11) is 5.43. The Bertz CT molecular complexity index is 1060. The summed E-state index contributed by atoms with van der Waals surface area (Å²) < 4.78 is 12.7. The second kappa shape index (κ2) is 13.3. The van der Waals surface area contributed by atoms with Crippen LogP contribution in [0, 0.1) is 0 Å². The van der Waals surface area contributed by atoms with Crippen LogP contribution in [0.4, 0.5) is 0 Å². The molecule has 0 aliphatic heterocycles. The number of nitrogens with one attached hydrogen (secondary N) is 1. The van der Waals surface area contributed by atoms with Crippen molar-refractivity contribution in [1.82, 2.24) is 19.8 Å². The van der Waals surface area contributed by atoms with E-state index in [4.69, 9.17) is 9.47 Å². The molecule has 0 aliphatic rings. The molecule has 2 aromatic carbocycles. The second-order valence-corrected chi connectivity index (χ2v) is 8.70. The molecule has 1 heterocycles. The lowest BCUT2D eigenvalue weighted by Crippen LogP contribution is -2.35. The first-order valence-electron chi connectivity index (χ1n) is 11.9. The van der Waals surface area contributed by atoms with Gasteiger partial charge in [0.2, 0.25) is 5.91 Å². The molecule has 0 bridgehead atoms. The SMILES string of the molecule is COc1cc(CCN(C)CCC(C)NC(=O)C/C=C/c2ccc(-n3ccnc3)cc2)cc(OC)c1. The zero-order valence-electron chi connectivity index (χ0n) is 21.1. The van der Waals surface area contributed by atoms with Crippen molar-refractivity contribution in [2.45, 2.75) is 32.2 Å². The number of ether oxygens (including phenoxy) is 2. The fourth-order valence-corrected chi connectivity index (χ4v) is 3.73. The number of rotatable bonds is 13. The van der Waals surface area contributed by atoms with Crippen molar-refractivity contribution in [2.75, 3.05) is 34.4 Å². The topological polar surface area (TPSA) is 68.6 Å². The zero-order chi connectivity index (χ0) is 25.0. The summed E-state index contributed by atoms with van der Waals surface area (Å²) in [6, 6.07) is 14.2. The molecule has 0 aliphatic carbocycles. The number of carbonyl (C=O) groups is 1. The van der Waals surface area contributed by atoms with E-state index in [0.29, 0.717) is 6.42 Å². The average molecular weight is 477 g/mol. The molecule has 186 valence electrons. The van der Waals surface area contributed by atoms with Gasteiger partial charge in [-0.3, -0.25) is 4.79 Å². The lowest BCUT2D eigenvalue weighted by molar-refractivity contribution is -0.120. The van der Waals surface area contributed by atoms with Crippen LogP contribution in [0.5, 0.6) is 11.5 Å². The third kappa shape index (κ3) is 8.61. The Morgan fingerprint density at radius 1 is 1.11 bits per heavy atom. The zero-order valence-corrected chi connectivity index (χ0v) is 21.1. The van der Waals surface area contributed by atoms with E-state index in [1.165, 1.54) is 5.56 Å². The average Bonchev–Trinajstić information content (AvgIpc) is 3.41. The van der Waals surface area contributed by atoms with Gasteiger partial charge in [-0.15, -0.1) is 0 Å². The number of carbonyl (C=O) groups excluding carboxylic acids is 1. The van der Waals surface area contributed by atoms with Crippen LogP contribution < -0.4 is 14.8 Å². The number of aromatic nitrogens is 2. The first-order valence-corrected chi connectivity index (χ1v) is 11.9. The molecule has 1 N–H and O–H groups in total. The van der Waals surface area contributed by atoms with Crippen LogP contribution in [-0.4, -0.2) is 60.8 Å². The number of benzene rings is 2. The van der Waals surface area contributed by atoms with Crippen molar-refractivity contribution in [3.05, 3.63) is 78.4 Å². The van der Waals surface area contributed by atoms with Gasteiger partial charge in [0.25, 0.3) is 0 Å². The van der Waals surface area contributed by atoms with Crippen LogP contribution in [0.25, 0.3) is 11.8 Å². The third-order valence-corrected chi connectivity index (χ3v) is 5.85. The molecule has 7 nitrogen and oxygen atoms in total. The number of methoxy groups -OCH3 is 2. The number of imidazole rings is 1. The molecule has 35 heavy (non-hydrogen) atoms. The minimum Gasteiger partial charge on any atom is -0.497 e. The number of likely N-dealkylation sites (N-methyl/N-ethyl adjacent to an activating group) is 1. The Morgan fingerprint density at radius 2 is 1.83 bits per heavy atom. The van der Waals surface area contributed by atoms with E-state index < -0.39 is 0 Å². The van der Waals surface area contributed by atoms with Crippen LogP contribution in [0.15, 0.2) is 67.3 Å². The molecule has 1 atom stereocenters. The van der Waals surface area contributed by atoms with E-state index in [1.54, 1.807) is 26.7 Å². The minimum absolute atomic E-state index is 0.0370. The lowest BCUT2D eigenvalue weighted by Gasteiger charge is -2.20. The minimum atomic E-state index is 0.0370. The van der Waals surface area contributed by atoms with Crippen molar-refractivity contribution in [1.29, 1.82) is 0 Å². The van der Waals surface area contributed by atoms with Gasteiger partial charge >= 0.3 is 0 Å². The van der Waals surface area contributed by atoms with E-state index in [1.807, 2.05) is 65.4 Å². The van der Waals surface area contributed by atoms with Gasteiger partial charge in [0, 0.05) is 43.2 Å². The highest BCUT2D eigenvalue weighted by atomic mass is 16.5. The van der Waals surface area contributed by atoms with Crippen LogP contribution in [0.3, 0.4) is 0 Å². The van der Waals surface area contributed by atoms with Gasteiger partial charge < -0.3 is 24.3 Å². The smallest absolute Gasteiger partial charge is 0.224 e. The third-order valence-electron chi connectivity index (χ3n) is 5.85. The predicted molar refractivity (Wildman–Crippen MR) is 140 cm³/mol. The molecular formula is C28H36N4O3. The van der Waals surface area contributed by atoms with Gasteiger partial charge in [0.15, 0.2) is 0 Å². The van der Waals surface area contributed by atoms with Crippen LogP contribution in [0.1, 0.15) is 30.9 Å². The summed E-state index contributed by atoms with van der Waals surface area (Å²) in [5.41, 5.74) is 3.29. The first kappa shape index (κ1) is 26.0.